The number of alkyl carbamates (subject to hydrolysis) is 2. The van der Waals surface area contributed by atoms with Crippen LogP contribution in [-0.4, -0.2) is 98.1 Å². The second-order valence-electron chi connectivity index (χ2n) is 18.3. The average molecular weight is 899 g/mol. The molecule has 6 aromatic rings. The Morgan fingerprint density at radius 3 is 1.58 bits per heavy atom. The number of methoxy groups -OCH3 is 2. The Morgan fingerprint density at radius 2 is 1.15 bits per heavy atom. The number of fused-ring (bicyclic) bond motifs is 2. The van der Waals surface area contributed by atoms with Gasteiger partial charge in [0.2, 0.25) is 17.7 Å². The SMILES string of the molecule is COC(=O)NC(C(=O)N1CCC[C@H]1c1nc2ccc([C@H]3CC[C@H](c4ccc5nc([C@@H]6CCCN6C(=O)[C@@H](NC(=O)OC)C(C)C)[nH]c5c4)N3c3ccc(-c4ncco4)cc3)cc2[nH]1)C(C)C. The predicted molar refractivity (Wildman–Crippen MR) is 247 cm³/mol. The molecule has 3 aliphatic rings. The summed E-state index contributed by atoms with van der Waals surface area (Å²) in [5.41, 5.74) is 7.63. The fourth-order valence-electron chi connectivity index (χ4n) is 10.2. The number of aromatic amines is 2. The van der Waals surface area contributed by atoms with E-state index in [-0.39, 0.29) is 47.8 Å². The van der Waals surface area contributed by atoms with Gasteiger partial charge in [-0.15, -0.1) is 0 Å². The summed E-state index contributed by atoms with van der Waals surface area (Å²) in [7, 11) is 2.59. The Bertz CT molecular complexity index is 2570. The highest BCUT2D eigenvalue weighted by molar-refractivity contribution is 5.88. The van der Waals surface area contributed by atoms with Gasteiger partial charge in [0.25, 0.3) is 0 Å². The minimum Gasteiger partial charge on any atom is -0.453 e. The molecule has 0 radical (unpaired) electrons. The molecule has 6 atom stereocenters. The fourth-order valence-corrected chi connectivity index (χ4v) is 10.2. The van der Waals surface area contributed by atoms with Gasteiger partial charge in [-0.3, -0.25) is 9.59 Å². The lowest BCUT2D eigenvalue weighted by Crippen LogP contribution is -2.51. The highest BCUT2D eigenvalue weighted by atomic mass is 16.5. The van der Waals surface area contributed by atoms with Gasteiger partial charge in [0.15, 0.2) is 0 Å². The van der Waals surface area contributed by atoms with Crippen LogP contribution in [0.1, 0.15) is 113 Å². The molecule has 3 saturated heterocycles. The van der Waals surface area contributed by atoms with Crippen LogP contribution >= 0.6 is 0 Å². The Labute approximate surface area is 383 Å². The fraction of sp³-hybridized carbons (Fsp3) is 0.449. The van der Waals surface area contributed by atoms with Crippen molar-refractivity contribution in [1.82, 2.24) is 45.4 Å². The molecule has 17 nitrogen and oxygen atoms in total. The molecule has 3 aromatic carbocycles. The number of nitrogens with zero attached hydrogens (tertiary/aromatic N) is 6. The van der Waals surface area contributed by atoms with Crippen molar-refractivity contribution in [2.45, 2.75) is 102 Å². The number of carbonyl (C=O) groups is 4. The third-order valence-corrected chi connectivity index (χ3v) is 13.5. The number of benzene rings is 3. The first kappa shape index (κ1) is 44.3. The lowest BCUT2D eigenvalue weighted by atomic mass is 10.0. The summed E-state index contributed by atoms with van der Waals surface area (Å²) < 4.78 is 15.3. The molecule has 9 rings (SSSR count). The van der Waals surface area contributed by atoms with Crippen LogP contribution in [0.3, 0.4) is 0 Å². The molecule has 1 unspecified atom stereocenters. The highest BCUT2D eigenvalue weighted by Crippen LogP contribution is 2.48. The van der Waals surface area contributed by atoms with E-state index in [1.807, 2.05) is 49.6 Å². The quantitative estimate of drug-likeness (QED) is 0.0921. The third-order valence-electron chi connectivity index (χ3n) is 13.5. The van der Waals surface area contributed by atoms with Crippen LogP contribution in [0.2, 0.25) is 0 Å². The number of hydrogen-bond acceptors (Lipinski definition) is 11. The van der Waals surface area contributed by atoms with E-state index in [4.69, 9.17) is 23.9 Å². The van der Waals surface area contributed by atoms with Crippen molar-refractivity contribution in [1.29, 1.82) is 0 Å². The number of likely N-dealkylation sites (tertiary alicyclic amines) is 2. The van der Waals surface area contributed by atoms with E-state index in [9.17, 15) is 19.2 Å². The number of H-pyrrole nitrogens is 2. The van der Waals surface area contributed by atoms with Crippen LogP contribution in [0, 0.1) is 11.8 Å². The van der Waals surface area contributed by atoms with E-state index < -0.39 is 24.3 Å². The van der Waals surface area contributed by atoms with Gasteiger partial charge in [0, 0.05) is 24.3 Å². The Hall–Kier alpha value is -6.91. The number of hydrogen-bond donors (Lipinski definition) is 4. The molecule has 0 aliphatic carbocycles. The monoisotopic (exact) mass is 898 g/mol. The van der Waals surface area contributed by atoms with Gasteiger partial charge in [-0.2, -0.15) is 0 Å². The van der Waals surface area contributed by atoms with E-state index in [0.29, 0.717) is 19.0 Å². The molecule has 6 heterocycles. The maximum Gasteiger partial charge on any atom is 0.407 e. The number of rotatable bonds is 12. The Kier molecular flexibility index (Phi) is 12.4. The van der Waals surface area contributed by atoms with Crippen molar-refractivity contribution >= 4 is 51.8 Å². The van der Waals surface area contributed by atoms with Crippen molar-refractivity contribution in [2.24, 2.45) is 11.8 Å². The number of ether oxygens (including phenoxy) is 2. The maximum absolute atomic E-state index is 13.9. The van der Waals surface area contributed by atoms with E-state index in [0.717, 1.165) is 94.6 Å². The van der Waals surface area contributed by atoms with Gasteiger partial charge in [-0.05, 0) is 110 Å². The number of carbonyl (C=O) groups excluding carboxylic acids is 4. The normalized spacial score (nSPS) is 20.7. The van der Waals surface area contributed by atoms with Gasteiger partial charge in [-0.1, -0.05) is 39.8 Å². The number of anilines is 1. The van der Waals surface area contributed by atoms with Crippen molar-refractivity contribution in [3.05, 3.63) is 95.9 Å². The minimum absolute atomic E-state index is 0.0121. The molecule has 3 aromatic heterocycles. The Morgan fingerprint density at radius 1 is 0.667 bits per heavy atom. The van der Waals surface area contributed by atoms with Crippen LogP contribution in [0.4, 0.5) is 15.3 Å². The number of imidazole rings is 2. The van der Waals surface area contributed by atoms with Crippen molar-refractivity contribution in [3.8, 4) is 11.5 Å². The van der Waals surface area contributed by atoms with Crippen LogP contribution in [0.5, 0.6) is 0 Å². The van der Waals surface area contributed by atoms with Gasteiger partial charge in [0.1, 0.15) is 30.0 Å². The smallest absolute Gasteiger partial charge is 0.407 e. The minimum atomic E-state index is -0.718. The first-order chi connectivity index (χ1) is 31.9. The number of aromatic nitrogens is 5. The lowest BCUT2D eigenvalue weighted by Gasteiger charge is -2.33. The maximum atomic E-state index is 13.9. The molecule has 3 fully saturated rings. The van der Waals surface area contributed by atoms with Crippen molar-refractivity contribution < 1.29 is 33.1 Å². The molecule has 17 heteroatoms. The van der Waals surface area contributed by atoms with Gasteiger partial charge in [-0.25, -0.2) is 24.5 Å². The summed E-state index contributed by atoms with van der Waals surface area (Å²) in [4.78, 5) is 79.8. The van der Waals surface area contributed by atoms with E-state index >= 15 is 0 Å². The van der Waals surface area contributed by atoms with E-state index in [1.165, 1.54) is 14.2 Å². The second kappa shape index (κ2) is 18.5. The van der Waals surface area contributed by atoms with Gasteiger partial charge in [0.05, 0.1) is 66.7 Å². The predicted octanol–water partition coefficient (Wildman–Crippen LogP) is 8.27. The summed E-state index contributed by atoms with van der Waals surface area (Å²) in [6.07, 6.45) is 6.89. The van der Waals surface area contributed by atoms with E-state index in [1.54, 1.807) is 12.5 Å². The molecule has 66 heavy (non-hydrogen) atoms. The largest absolute Gasteiger partial charge is 0.453 e. The summed E-state index contributed by atoms with van der Waals surface area (Å²) in [5.74, 6) is 1.46. The van der Waals surface area contributed by atoms with Crippen LogP contribution in [0.15, 0.2) is 77.5 Å². The zero-order valence-electron chi connectivity index (χ0n) is 38.2. The van der Waals surface area contributed by atoms with Gasteiger partial charge >= 0.3 is 12.2 Å². The van der Waals surface area contributed by atoms with Crippen LogP contribution in [0.25, 0.3) is 33.5 Å². The summed E-state index contributed by atoms with van der Waals surface area (Å²) in [6, 6.07) is 19.2. The van der Waals surface area contributed by atoms with Crippen molar-refractivity contribution in [2.75, 3.05) is 32.2 Å². The zero-order valence-corrected chi connectivity index (χ0v) is 38.2. The average Bonchev–Trinajstić information content (AvgIpc) is 4.18. The summed E-state index contributed by atoms with van der Waals surface area (Å²) in [5, 5.41) is 5.47. The van der Waals surface area contributed by atoms with Crippen molar-refractivity contribution in [3.63, 3.8) is 0 Å². The topological polar surface area (TPSA) is 204 Å². The Balaban J connectivity index is 1.01. The first-order valence-corrected chi connectivity index (χ1v) is 23.0. The second-order valence-corrected chi connectivity index (χ2v) is 18.3. The molecule has 0 spiro atoms. The molecular formula is C49H58N10O7. The highest BCUT2D eigenvalue weighted by Gasteiger charge is 2.40. The third kappa shape index (κ3) is 8.53. The molecule has 346 valence electrons. The summed E-state index contributed by atoms with van der Waals surface area (Å²) in [6.45, 7) is 8.79. The standard InChI is InChI=1S/C49H58N10O7/c1-27(2)41(55-48(62)64-5)46(60)57-22-7-9-39(57)43-51-33-17-13-30(25-35(33)53-43)37-19-20-38(59(37)32-15-11-29(12-16-32)45-50-21-24-66-45)31-14-18-34-36(26-31)54-44(52-34)40-10-8-23-58(40)47(61)42(28(3)4)56-49(63)65-6/h11-18,21,24-28,37-42H,7-10,19-20,22-23H2,1-6H3,(H,51,53)(H,52,54)(H,55,62)(H,56,63)/t37-,38-,39+,40+,41+,42?/m1/s1. The molecule has 4 N–H and O–H groups in total. The zero-order chi connectivity index (χ0) is 46.2. The number of amides is 4. The molecule has 0 bridgehead atoms. The molecule has 4 amide bonds. The number of nitrogens with one attached hydrogen (secondary N) is 4. The van der Waals surface area contributed by atoms with Gasteiger partial charge < -0.3 is 49.2 Å². The molecular weight excluding hydrogens is 841 g/mol. The van der Waals surface area contributed by atoms with Crippen LogP contribution < -0.4 is 15.5 Å². The van der Waals surface area contributed by atoms with Crippen LogP contribution in [-0.2, 0) is 19.1 Å². The first-order valence-electron chi connectivity index (χ1n) is 23.0. The lowest BCUT2D eigenvalue weighted by molar-refractivity contribution is -0.136. The summed E-state index contributed by atoms with van der Waals surface area (Å²) >= 11 is 0. The molecule has 0 saturated carbocycles. The van der Waals surface area contributed by atoms with E-state index in [2.05, 4.69) is 79.0 Å². The molecule has 3 aliphatic heterocycles. The number of oxazole rings is 1.